The number of carbonyl (C=O) groups is 1. The van der Waals surface area contributed by atoms with Crippen LogP contribution in [0.2, 0.25) is 0 Å². The molecule has 2 N–H and O–H groups in total. The number of phenols is 1. The lowest BCUT2D eigenvalue weighted by molar-refractivity contribution is 0.0950. The number of para-hydroxylation sites is 1. The summed E-state index contributed by atoms with van der Waals surface area (Å²) < 4.78 is 0. The number of nitrogens with one attached hydrogen (secondary N) is 1. The first kappa shape index (κ1) is 16.5. The van der Waals surface area contributed by atoms with E-state index >= 15 is 0 Å². The van der Waals surface area contributed by atoms with E-state index in [-0.39, 0.29) is 11.7 Å². The topological polar surface area (TPSA) is 49.3 Å². The molecule has 1 rings (SSSR count). The largest absolute Gasteiger partial charge is 0.507 e. The summed E-state index contributed by atoms with van der Waals surface area (Å²) in [6, 6.07) is 5.23. The Morgan fingerprint density at radius 3 is 2.60 bits per heavy atom. The van der Waals surface area contributed by atoms with Crippen molar-refractivity contribution in [3.05, 3.63) is 29.3 Å². The molecule has 0 fully saturated rings. The minimum atomic E-state index is -0.187. The predicted molar refractivity (Wildman–Crippen MR) is 83.1 cm³/mol. The van der Waals surface area contributed by atoms with Crippen molar-refractivity contribution in [2.45, 2.75) is 52.9 Å². The first-order valence-corrected chi connectivity index (χ1v) is 7.59. The molecule has 0 spiro atoms. The van der Waals surface area contributed by atoms with Crippen molar-refractivity contribution in [2.75, 3.05) is 6.54 Å². The molecular formula is C17H27NO2. The van der Waals surface area contributed by atoms with Gasteiger partial charge in [0.05, 0.1) is 5.56 Å². The third kappa shape index (κ3) is 5.64. The molecule has 0 saturated heterocycles. The van der Waals surface area contributed by atoms with Crippen molar-refractivity contribution in [3.63, 3.8) is 0 Å². The number of aryl methyl sites for hydroxylation is 1. The standard InChI is InChI=1S/C17H27NO2/c1-13(2)9-6-4-5-7-12-18-17(20)15-11-8-10-14(3)16(15)19/h8,10-11,13,19H,4-7,9,12H2,1-3H3,(H,18,20). The number of aromatic hydroxyl groups is 1. The maximum Gasteiger partial charge on any atom is 0.255 e. The molecule has 112 valence electrons. The monoisotopic (exact) mass is 277 g/mol. The average molecular weight is 277 g/mol. The predicted octanol–water partition coefficient (Wildman–Crippen LogP) is 4.04. The van der Waals surface area contributed by atoms with Crippen molar-refractivity contribution in [1.82, 2.24) is 5.32 Å². The highest BCUT2D eigenvalue weighted by Gasteiger charge is 2.11. The number of unbranched alkanes of at least 4 members (excludes halogenated alkanes) is 3. The summed E-state index contributed by atoms with van der Waals surface area (Å²) in [5, 5.41) is 12.7. The fourth-order valence-corrected chi connectivity index (χ4v) is 2.17. The van der Waals surface area contributed by atoms with Crippen LogP contribution in [-0.2, 0) is 0 Å². The second kappa shape index (κ2) is 8.62. The van der Waals surface area contributed by atoms with Crippen LogP contribution in [0.1, 0.15) is 61.9 Å². The zero-order chi connectivity index (χ0) is 15.0. The highest BCUT2D eigenvalue weighted by atomic mass is 16.3. The Morgan fingerprint density at radius 1 is 1.20 bits per heavy atom. The lowest BCUT2D eigenvalue weighted by Crippen LogP contribution is -2.24. The van der Waals surface area contributed by atoms with E-state index in [2.05, 4.69) is 19.2 Å². The van der Waals surface area contributed by atoms with E-state index in [4.69, 9.17) is 0 Å². The van der Waals surface area contributed by atoms with Crippen molar-refractivity contribution >= 4 is 5.91 Å². The van der Waals surface area contributed by atoms with E-state index < -0.39 is 0 Å². The number of carbonyl (C=O) groups excluding carboxylic acids is 1. The maximum atomic E-state index is 11.9. The van der Waals surface area contributed by atoms with Crippen molar-refractivity contribution in [3.8, 4) is 5.75 Å². The lowest BCUT2D eigenvalue weighted by atomic mass is 10.0. The number of amides is 1. The average Bonchev–Trinajstić information content (AvgIpc) is 2.40. The molecule has 0 saturated carbocycles. The molecule has 1 amide bonds. The summed E-state index contributed by atoms with van der Waals surface area (Å²) in [4.78, 5) is 11.9. The van der Waals surface area contributed by atoms with Gasteiger partial charge < -0.3 is 10.4 Å². The molecule has 3 nitrogen and oxygen atoms in total. The Bertz CT molecular complexity index is 427. The molecule has 20 heavy (non-hydrogen) atoms. The highest BCUT2D eigenvalue weighted by Crippen LogP contribution is 2.21. The van der Waals surface area contributed by atoms with Gasteiger partial charge in [-0.25, -0.2) is 0 Å². The lowest BCUT2D eigenvalue weighted by Gasteiger charge is -2.08. The minimum absolute atomic E-state index is 0.0851. The normalized spacial score (nSPS) is 10.8. The summed E-state index contributed by atoms with van der Waals surface area (Å²) in [5.41, 5.74) is 1.09. The van der Waals surface area contributed by atoms with Gasteiger partial charge in [0.1, 0.15) is 5.75 Å². The Balaban J connectivity index is 2.22. The number of hydrogen-bond acceptors (Lipinski definition) is 2. The second-order valence-electron chi connectivity index (χ2n) is 5.82. The van der Waals surface area contributed by atoms with Crippen molar-refractivity contribution in [2.24, 2.45) is 5.92 Å². The SMILES string of the molecule is Cc1cccc(C(=O)NCCCCCCC(C)C)c1O. The van der Waals surface area contributed by atoms with Crippen LogP contribution in [0.5, 0.6) is 5.75 Å². The van der Waals surface area contributed by atoms with Gasteiger partial charge in [0.2, 0.25) is 0 Å². The number of hydrogen-bond donors (Lipinski definition) is 2. The molecule has 0 aliphatic rings. The quantitative estimate of drug-likeness (QED) is 0.705. The first-order chi connectivity index (χ1) is 9.52. The second-order valence-corrected chi connectivity index (χ2v) is 5.82. The highest BCUT2D eigenvalue weighted by molar-refractivity contribution is 5.97. The molecule has 0 aliphatic heterocycles. The van der Waals surface area contributed by atoms with Gasteiger partial charge in [-0.2, -0.15) is 0 Å². The molecule has 0 radical (unpaired) electrons. The van der Waals surface area contributed by atoms with Crippen LogP contribution >= 0.6 is 0 Å². The third-order valence-electron chi connectivity index (χ3n) is 3.48. The number of rotatable bonds is 8. The zero-order valence-electron chi connectivity index (χ0n) is 12.9. The smallest absolute Gasteiger partial charge is 0.255 e. The van der Waals surface area contributed by atoms with Gasteiger partial charge in [-0.15, -0.1) is 0 Å². The van der Waals surface area contributed by atoms with Crippen LogP contribution in [0.25, 0.3) is 0 Å². The van der Waals surface area contributed by atoms with Gasteiger partial charge in [0.25, 0.3) is 5.91 Å². The zero-order valence-corrected chi connectivity index (χ0v) is 12.9. The number of benzene rings is 1. The molecule has 0 heterocycles. The molecule has 1 aromatic rings. The summed E-state index contributed by atoms with van der Waals surface area (Å²) in [5.74, 6) is 0.675. The van der Waals surface area contributed by atoms with Gasteiger partial charge in [-0.05, 0) is 30.9 Å². The maximum absolute atomic E-state index is 11.9. The minimum Gasteiger partial charge on any atom is -0.507 e. The summed E-state index contributed by atoms with van der Waals surface area (Å²) in [7, 11) is 0. The van der Waals surface area contributed by atoms with Crippen LogP contribution in [0.15, 0.2) is 18.2 Å². The van der Waals surface area contributed by atoms with E-state index in [9.17, 15) is 9.90 Å². The van der Waals surface area contributed by atoms with E-state index in [0.29, 0.717) is 12.1 Å². The van der Waals surface area contributed by atoms with Crippen LogP contribution in [0, 0.1) is 12.8 Å². The molecule has 0 aromatic heterocycles. The van der Waals surface area contributed by atoms with Crippen LogP contribution in [-0.4, -0.2) is 17.6 Å². The molecular weight excluding hydrogens is 250 g/mol. The van der Waals surface area contributed by atoms with Crippen molar-refractivity contribution in [1.29, 1.82) is 0 Å². The van der Waals surface area contributed by atoms with E-state index in [1.54, 1.807) is 25.1 Å². The Hall–Kier alpha value is -1.51. The first-order valence-electron chi connectivity index (χ1n) is 7.59. The van der Waals surface area contributed by atoms with Crippen LogP contribution < -0.4 is 5.32 Å². The van der Waals surface area contributed by atoms with Gasteiger partial charge in [-0.1, -0.05) is 51.7 Å². The van der Waals surface area contributed by atoms with Crippen molar-refractivity contribution < 1.29 is 9.90 Å². The molecule has 3 heteroatoms. The Kier molecular flexibility index (Phi) is 7.13. The van der Waals surface area contributed by atoms with E-state index in [0.717, 1.165) is 24.3 Å². The van der Waals surface area contributed by atoms with E-state index in [1.165, 1.54) is 19.3 Å². The van der Waals surface area contributed by atoms with Crippen LogP contribution in [0.3, 0.4) is 0 Å². The van der Waals surface area contributed by atoms with Gasteiger partial charge in [0.15, 0.2) is 0 Å². The molecule has 0 unspecified atom stereocenters. The Morgan fingerprint density at radius 2 is 1.90 bits per heavy atom. The summed E-state index contributed by atoms with van der Waals surface area (Å²) in [6.45, 7) is 6.96. The molecule has 0 bridgehead atoms. The Labute approximate surface area is 122 Å². The number of phenolic OH excluding ortho intramolecular Hbond substituents is 1. The molecule has 0 atom stereocenters. The van der Waals surface area contributed by atoms with Crippen LogP contribution in [0.4, 0.5) is 0 Å². The fourth-order valence-electron chi connectivity index (χ4n) is 2.17. The summed E-state index contributed by atoms with van der Waals surface area (Å²) in [6.07, 6.45) is 5.92. The van der Waals surface area contributed by atoms with Gasteiger partial charge in [0, 0.05) is 6.54 Å². The molecule has 1 aromatic carbocycles. The fraction of sp³-hybridized carbons (Fsp3) is 0.588. The molecule has 0 aliphatic carbocycles. The van der Waals surface area contributed by atoms with E-state index in [1.807, 2.05) is 0 Å². The van der Waals surface area contributed by atoms with Gasteiger partial charge in [-0.3, -0.25) is 4.79 Å². The third-order valence-corrected chi connectivity index (χ3v) is 3.48. The van der Waals surface area contributed by atoms with Gasteiger partial charge >= 0.3 is 0 Å². The summed E-state index contributed by atoms with van der Waals surface area (Å²) >= 11 is 0.